The summed E-state index contributed by atoms with van der Waals surface area (Å²) in [5.74, 6) is 0.853. The number of hydrogen-bond acceptors (Lipinski definition) is 5. The predicted octanol–water partition coefficient (Wildman–Crippen LogP) is 1.61. The van der Waals surface area contributed by atoms with E-state index in [4.69, 9.17) is 0 Å². The lowest BCUT2D eigenvalue weighted by Crippen LogP contribution is -2.48. The molecule has 2 amide bonds. The number of rotatable bonds is 5. The summed E-state index contributed by atoms with van der Waals surface area (Å²) in [6, 6.07) is 7.73. The molecule has 7 nitrogen and oxygen atoms in total. The Morgan fingerprint density at radius 1 is 1.26 bits per heavy atom. The zero-order valence-corrected chi connectivity index (χ0v) is 15.2. The quantitative estimate of drug-likeness (QED) is 0.871. The SMILES string of the molecule is O=C(CCN1Cc2ccccc2C1=O)N[C@@H]1CCCN(c2cnccn2)C1. The van der Waals surface area contributed by atoms with Gasteiger partial charge in [0.25, 0.3) is 5.91 Å². The molecule has 140 valence electrons. The minimum absolute atomic E-state index is 0.00949. The molecule has 0 radical (unpaired) electrons. The highest BCUT2D eigenvalue weighted by Gasteiger charge is 2.27. The summed E-state index contributed by atoms with van der Waals surface area (Å²) in [6.07, 6.45) is 7.37. The van der Waals surface area contributed by atoms with Gasteiger partial charge in [0.15, 0.2) is 0 Å². The van der Waals surface area contributed by atoms with Gasteiger partial charge in [0.05, 0.1) is 6.20 Å². The Hall–Kier alpha value is -2.96. The van der Waals surface area contributed by atoms with Gasteiger partial charge in [-0.3, -0.25) is 14.6 Å². The second-order valence-corrected chi connectivity index (χ2v) is 7.05. The number of nitrogens with one attached hydrogen (secondary N) is 1. The molecular formula is C20H23N5O2. The molecule has 2 aromatic rings. The molecule has 1 N–H and O–H groups in total. The van der Waals surface area contributed by atoms with Crippen LogP contribution >= 0.6 is 0 Å². The van der Waals surface area contributed by atoms with Crippen molar-refractivity contribution in [2.24, 2.45) is 0 Å². The van der Waals surface area contributed by atoms with Crippen molar-refractivity contribution in [3.05, 3.63) is 54.0 Å². The van der Waals surface area contributed by atoms with Gasteiger partial charge >= 0.3 is 0 Å². The number of nitrogens with zero attached hydrogens (tertiary/aromatic N) is 4. The maximum Gasteiger partial charge on any atom is 0.254 e. The molecule has 0 saturated carbocycles. The highest BCUT2D eigenvalue weighted by atomic mass is 16.2. The molecular weight excluding hydrogens is 342 g/mol. The first-order valence-corrected chi connectivity index (χ1v) is 9.38. The van der Waals surface area contributed by atoms with E-state index < -0.39 is 0 Å². The third-order valence-corrected chi connectivity index (χ3v) is 5.17. The fourth-order valence-corrected chi connectivity index (χ4v) is 3.79. The van der Waals surface area contributed by atoms with Crippen LogP contribution in [0.25, 0.3) is 0 Å². The average molecular weight is 365 g/mol. The Balaban J connectivity index is 1.27. The van der Waals surface area contributed by atoms with Crippen molar-refractivity contribution < 1.29 is 9.59 Å². The minimum atomic E-state index is -0.00949. The lowest BCUT2D eigenvalue weighted by Gasteiger charge is -2.33. The summed E-state index contributed by atoms with van der Waals surface area (Å²) in [5.41, 5.74) is 1.79. The smallest absolute Gasteiger partial charge is 0.254 e. The lowest BCUT2D eigenvalue weighted by molar-refractivity contribution is -0.122. The first kappa shape index (κ1) is 17.5. The van der Waals surface area contributed by atoms with E-state index in [0.29, 0.717) is 19.5 Å². The van der Waals surface area contributed by atoms with E-state index in [-0.39, 0.29) is 17.9 Å². The first-order chi connectivity index (χ1) is 13.2. The van der Waals surface area contributed by atoms with Gasteiger partial charge in [0.2, 0.25) is 5.91 Å². The van der Waals surface area contributed by atoms with E-state index in [1.165, 1.54) is 0 Å². The van der Waals surface area contributed by atoms with Gasteiger partial charge in [-0.05, 0) is 24.5 Å². The number of hydrogen-bond donors (Lipinski definition) is 1. The van der Waals surface area contributed by atoms with Crippen molar-refractivity contribution in [3.8, 4) is 0 Å². The molecule has 2 aliphatic heterocycles. The van der Waals surface area contributed by atoms with Crippen molar-refractivity contribution in [1.29, 1.82) is 0 Å². The molecule has 0 unspecified atom stereocenters. The molecule has 3 heterocycles. The number of fused-ring (bicyclic) bond motifs is 1. The minimum Gasteiger partial charge on any atom is -0.353 e. The van der Waals surface area contributed by atoms with Crippen LogP contribution in [0.1, 0.15) is 35.2 Å². The van der Waals surface area contributed by atoms with Crippen LogP contribution in [0.4, 0.5) is 5.82 Å². The van der Waals surface area contributed by atoms with Crippen LogP contribution < -0.4 is 10.2 Å². The second kappa shape index (κ2) is 7.73. The predicted molar refractivity (Wildman–Crippen MR) is 101 cm³/mol. The summed E-state index contributed by atoms with van der Waals surface area (Å²) in [6.45, 7) is 2.69. The lowest BCUT2D eigenvalue weighted by atomic mass is 10.1. The molecule has 1 aromatic carbocycles. The highest BCUT2D eigenvalue weighted by Crippen LogP contribution is 2.22. The first-order valence-electron chi connectivity index (χ1n) is 9.38. The fourth-order valence-electron chi connectivity index (χ4n) is 3.79. The van der Waals surface area contributed by atoms with Crippen LogP contribution in [-0.4, -0.2) is 52.4 Å². The Kier molecular flexibility index (Phi) is 5.00. The molecule has 4 rings (SSSR count). The zero-order valence-electron chi connectivity index (χ0n) is 15.2. The molecule has 0 spiro atoms. The van der Waals surface area contributed by atoms with Crippen LogP contribution in [0, 0.1) is 0 Å². The number of anilines is 1. The molecule has 7 heteroatoms. The molecule has 1 saturated heterocycles. The number of piperidine rings is 1. The van der Waals surface area contributed by atoms with Crippen molar-refractivity contribution in [2.75, 3.05) is 24.5 Å². The molecule has 1 atom stereocenters. The Labute approximate surface area is 158 Å². The zero-order chi connectivity index (χ0) is 18.6. The number of amides is 2. The normalized spacial score (nSPS) is 19.1. The van der Waals surface area contributed by atoms with Crippen LogP contribution in [0.2, 0.25) is 0 Å². The van der Waals surface area contributed by atoms with Gasteiger partial charge in [-0.25, -0.2) is 4.98 Å². The van der Waals surface area contributed by atoms with Crippen LogP contribution in [0.5, 0.6) is 0 Å². The van der Waals surface area contributed by atoms with E-state index in [0.717, 1.165) is 42.9 Å². The fraction of sp³-hybridized carbons (Fsp3) is 0.400. The molecule has 1 fully saturated rings. The third kappa shape index (κ3) is 3.92. The van der Waals surface area contributed by atoms with Crippen LogP contribution in [0.3, 0.4) is 0 Å². The van der Waals surface area contributed by atoms with Gasteiger partial charge < -0.3 is 15.1 Å². The summed E-state index contributed by atoms with van der Waals surface area (Å²) in [4.78, 5) is 37.1. The maximum absolute atomic E-state index is 12.4. The van der Waals surface area contributed by atoms with Crippen molar-refractivity contribution >= 4 is 17.6 Å². The van der Waals surface area contributed by atoms with Crippen LogP contribution in [-0.2, 0) is 11.3 Å². The second-order valence-electron chi connectivity index (χ2n) is 7.05. The molecule has 1 aromatic heterocycles. The van der Waals surface area contributed by atoms with Crippen molar-refractivity contribution in [2.45, 2.75) is 31.8 Å². The average Bonchev–Trinajstić information content (AvgIpc) is 3.03. The number of carbonyl (C=O) groups is 2. The van der Waals surface area contributed by atoms with Gasteiger partial charge in [-0.15, -0.1) is 0 Å². The van der Waals surface area contributed by atoms with Gasteiger partial charge in [0, 0.05) is 56.6 Å². The monoisotopic (exact) mass is 365 g/mol. The molecule has 27 heavy (non-hydrogen) atoms. The van der Waals surface area contributed by atoms with E-state index in [1.807, 2.05) is 24.3 Å². The summed E-state index contributed by atoms with van der Waals surface area (Å²) >= 11 is 0. The molecule has 2 aliphatic rings. The Bertz CT molecular complexity index is 826. The van der Waals surface area contributed by atoms with E-state index >= 15 is 0 Å². The third-order valence-electron chi connectivity index (χ3n) is 5.17. The van der Waals surface area contributed by atoms with Crippen molar-refractivity contribution in [3.63, 3.8) is 0 Å². The molecule has 0 bridgehead atoms. The Morgan fingerprint density at radius 2 is 2.15 bits per heavy atom. The largest absolute Gasteiger partial charge is 0.353 e. The standard InChI is InChI=1S/C20H23N5O2/c26-19(7-11-25-13-15-4-1-2-6-17(15)20(25)27)23-16-5-3-10-24(14-16)18-12-21-8-9-22-18/h1-2,4,6,8-9,12,16H,3,5,7,10-11,13-14H2,(H,23,26)/t16-/m1/s1. The number of aromatic nitrogens is 2. The summed E-state index contributed by atoms with van der Waals surface area (Å²) < 4.78 is 0. The summed E-state index contributed by atoms with van der Waals surface area (Å²) in [5, 5.41) is 3.11. The van der Waals surface area contributed by atoms with E-state index in [2.05, 4.69) is 20.2 Å². The van der Waals surface area contributed by atoms with E-state index in [1.54, 1.807) is 23.5 Å². The van der Waals surface area contributed by atoms with Gasteiger partial charge in [0.1, 0.15) is 5.82 Å². The van der Waals surface area contributed by atoms with Crippen molar-refractivity contribution in [1.82, 2.24) is 20.2 Å². The summed E-state index contributed by atoms with van der Waals surface area (Å²) in [7, 11) is 0. The number of benzene rings is 1. The van der Waals surface area contributed by atoms with Gasteiger partial charge in [-0.2, -0.15) is 0 Å². The number of carbonyl (C=O) groups excluding carboxylic acids is 2. The maximum atomic E-state index is 12.4. The van der Waals surface area contributed by atoms with Gasteiger partial charge in [-0.1, -0.05) is 18.2 Å². The Morgan fingerprint density at radius 3 is 2.96 bits per heavy atom. The highest BCUT2D eigenvalue weighted by molar-refractivity contribution is 5.98. The van der Waals surface area contributed by atoms with Crippen LogP contribution in [0.15, 0.2) is 42.9 Å². The molecule has 0 aliphatic carbocycles. The van der Waals surface area contributed by atoms with E-state index in [9.17, 15) is 9.59 Å². The topological polar surface area (TPSA) is 78.4 Å².